The summed E-state index contributed by atoms with van der Waals surface area (Å²) in [6, 6.07) is 9.30. The minimum atomic E-state index is -4.63. The molecule has 0 radical (unpaired) electrons. The molecule has 0 aliphatic heterocycles. The highest BCUT2D eigenvalue weighted by atomic mass is 35.5. The van der Waals surface area contributed by atoms with Crippen LogP contribution in [0.2, 0.25) is 5.02 Å². The third kappa shape index (κ3) is 5.42. The van der Waals surface area contributed by atoms with Crippen molar-refractivity contribution in [2.24, 2.45) is 0 Å². The van der Waals surface area contributed by atoms with Gasteiger partial charge in [0.05, 0.1) is 18.4 Å². The van der Waals surface area contributed by atoms with Gasteiger partial charge in [-0.2, -0.15) is 13.2 Å². The Balaban J connectivity index is 2.01. The number of methoxy groups -OCH3 is 1. The molecule has 0 atom stereocenters. The van der Waals surface area contributed by atoms with E-state index in [1.54, 1.807) is 37.5 Å². The molecule has 0 saturated carbocycles. The highest BCUT2D eigenvalue weighted by Gasteiger charge is 2.34. The summed E-state index contributed by atoms with van der Waals surface area (Å²) in [5, 5.41) is 4.42. The number of alkyl halides is 3. The van der Waals surface area contributed by atoms with Crippen LogP contribution in [0.3, 0.4) is 0 Å². The van der Waals surface area contributed by atoms with E-state index in [-0.39, 0.29) is 10.7 Å². The molecule has 4 nitrogen and oxygen atoms in total. The summed E-state index contributed by atoms with van der Waals surface area (Å²) in [6.07, 6.45) is -1.72. The molecule has 0 aliphatic carbocycles. The molecule has 2 aromatic rings. The van der Waals surface area contributed by atoms with Gasteiger partial charge < -0.3 is 15.4 Å². The summed E-state index contributed by atoms with van der Waals surface area (Å²) in [5.41, 5.74) is -0.620. The zero-order valence-corrected chi connectivity index (χ0v) is 13.8. The number of hydrogen-bond acceptors (Lipinski definition) is 2. The first-order chi connectivity index (χ1) is 11.8. The smallest absolute Gasteiger partial charge is 0.418 e. The largest absolute Gasteiger partial charge is 0.497 e. The minimum Gasteiger partial charge on any atom is -0.497 e. The second-order valence-electron chi connectivity index (χ2n) is 4.89. The summed E-state index contributed by atoms with van der Waals surface area (Å²) < 4.78 is 43.9. The highest BCUT2D eigenvalue weighted by Crippen LogP contribution is 2.36. The number of nitrogens with one attached hydrogen (secondary N) is 2. The molecule has 2 N–H and O–H groups in total. The molecule has 2 aromatic carbocycles. The van der Waals surface area contributed by atoms with Gasteiger partial charge in [0.25, 0.3) is 0 Å². The number of anilines is 1. The molecule has 8 heteroatoms. The maximum absolute atomic E-state index is 13.0. The molecule has 2 amide bonds. The van der Waals surface area contributed by atoms with Gasteiger partial charge in [-0.1, -0.05) is 23.7 Å². The summed E-state index contributed by atoms with van der Waals surface area (Å²) >= 11 is 5.58. The maximum Gasteiger partial charge on any atom is 0.418 e. The van der Waals surface area contributed by atoms with Crippen LogP contribution in [-0.2, 0) is 6.18 Å². The molecule has 0 bridgehead atoms. The van der Waals surface area contributed by atoms with Gasteiger partial charge in [0.2, 0.25) is 0 Å². The maximum atomic E-state index is 13.0. The zero-order chi connectivity index (χ0) is 18.4. The second kappa shape index (κ2) is 7.94. The van der Waals surface area contributed by atoms with Crippen molar-refractivity contribution < 1.29 is 22.7 Å². The average molecular weight is 371 g/mol. The van der Waals surface area contributed by atoms with Crippen molar-refractivity contribution in [2.75, 3.05) is 12.4 Å². The Bertz CT molecular complexity index is 774. The van der Waals surface area contributed by atoms with E-state index in [0.717, 1.165) is 17.7 Å². The van der Waals surface area contributed by atoms with Gasteiger partial charge in [0, 0.05) is 11.2 Å². The van der Waals surface area contributed by atoms with Gasteiger partial charge in [-0.25, -0.2) is 4.79 Å². The molecular weight excluding hydrogens is 357 g/mol. The average Bonchev–Trinajstić information content (AvgIpc) is 2.56. The lowest BCUT2D eigenvalue weighted by Crippen LogP contribution is -2.25. The lowest BCUT2D eigenvalue weighted by atomic mass is 10.1. The van der Waals surface area contributed by atoms with Gasteiger partial charge in [0.1, 0.15) is 5.75 Å². The Kier molecular flexibility index (Phi) is 5.93. The van der Waals surface area contributed by atoms with Crippen LogP contribution in [-0.4, -0.2) is 13.1 Å². The lowest BCUT2D eigenvalue weighted by molar-refractivity contribution is -0.136. The third-order valence-corrected chi connectivity index (χ3v) is 3.38. The number of urea groups is 1. The second-order valence-corrected chi connectivity index (χ2v) is 5.33. The van der Waals surface area contributed by atoms with Gasteiger partial charge in [-0.3, -0.25) is 0 Å². The predicted molar refractivity (Wildman–Crippen MR) is 90.6 cm³/mol. The third-order valence-electron chi connectivity index (χ3n) is 3.14. The molecule has 0 heterocycles. The fourth-order valence-electron chi connectivity index (χ4n) is 1.95. The number of hydrogen-bond donors (Lipinski definition) is 2. The van der Waals surface area contributed by atoms with E-state index in [4.69, 9.17) is 16.3 Å². The predicted octanol–water partition coefficient (Wildman–Crippen LogP) is 5.16. The fraction of sp³-hybridized carbons (Fsp3) is 0.118. The number of carbonyl (C=O) groups is 1. The van der Waals surface area contributed by atoms with Crippen molar-refractivity contribution in [1.29, 1.82) is 0 Å². The number of rotatable bonds is 4. The van der Waals surface area contributed by atoms with E-state index in [1.807, 2.05) is 0 Å². The topological polar surface area (TPSA) is 50.4 Å². The molecule has 0 saturated heterocycles. The number of carbonyl (C=O) groups excluding carboxylic acids is 1. The van der Waals surface area contributed by atoms with Crippen molar-refractivity contribution in [2.45, 2.75) is 6.18 Å². The first-order valence-corrected chi connectivity index (χ1v) is 7.42. The highest BCUT2D eigenvalue weighted by molar-refractivity contribution is 6.30. The molecule has 2 rings (SSSR count). The van der Waals surface area contributed by atoms with E-state index in [0.29, 0.717) is 5.75 Å². The summed E-state index contributed by atoms with van der Waals surface area (Å²) in [4.78, 5) is 11.8. The number of halogens is 4. The van der Waals surface area contributed by atoms with E-state index in [2.05, 4.69) is 10.6 Å². The Morgan fingerprint density at radius 1 is 1.16 bits per heavy atom. The Morgan fingerprint density at radius 2 is 1.84 bits per heavy atom. The first kappa shape index (κ1) is 18.7. The van der Waals surface area contributed by atoms with E-state index in [1.165, 1.54) is 12.3 Å². The van der Waals surface area contributed by atoms with Crippen molar-refractivity contribution in [3.05, 3.63) is 64.8 Å². The minimum absolute atomic E-state index is 0.0716. The van der Waals surface area contributed by atoms with Crippen LogP contribution in [0.4, 0.5) is 23.7 Å². The molecule has 0 fully saturated rings. The molecule has 0 unspecified atom stereocenters. The lowest BCUT2D eigenvalue weighted by Gasteiger charge is -2.13. The van der Waals surface area contributed by atoms with Crippen LogP contribution < -0.4 is 15.4 Å². The summed E-state index contributed by atoms with van der Waals surface area (Å²) in [7, 11) is 1.54. The van der Waals surface area contributed by atoms with Gasteiger partial charge >= 0.3 is 12.2 Å². The first-order valence-electron chi connectivity index (χ1n) is 7.04. The van der Waals surface area contributed by atoms with Gasteiger partial charge in [0.15, 0.2) is 0 Å². The standard InChI is InChI=1S/C17H14ClF3N2O2/c1-25-13-5-2-11(3-6-13)8-9-22-16(24)23-15-7-4-12(18)10-14(15)17(19,20)21/h2-10H,1H3,(H2,22,23,24)/b9-8+. The van der Waals surface area contributed by atoms with Gasteiger partial charge in [-0.15, -0.1) is 0 Å². The van der Waals surface area contributed by atoms with Crippen LogP contribution in [0, 0.1) is 0 Å². The quantitative estimate of drug-likeness (QED) is 0.781. The van der Waals surface area contributed by atoms with Crippen LogP contribution >= 0.6 is 11.6 Å². The van der Waals surface area contributed by atoms with E-state index >= 15 is 0 Å². The van der Waals surface area contributed by atoms with Crippen LogP contribution in [0.1, 0.15) is 11.1 Å². The summed E-state index contributed by atoms with van der Waals surface area (Å²) in [5.74, 6) is 0.685. The Hall–Kier alpha value is -2.67. The van der Waals surface area contributed by atoms with Crippen molar-refractivity contribution in [1.82, 2.24) is 5.32 Å². The number of ether oxygens (including phenoxy) is 1. The zero-order valence-electron chi connectivity index (χ0n) is 13.0. The SMILES string of the molecule is COc1ccc(/C=C/NC(=O)Nc2ccc(Cl)cc2C(F)(F)F)cc1. The summed E-state index contributed by atoms with van der Waals surface area (Å²) in [6.45, 7) is 0. The van der Waals surface area contributed by atoms with E-state index < -0.39 is 17.8 Å². The number of benzene rings is 2. The van der Waals surface area contributed by atoms with E-state index in [9.17, 15) is 18.0 Å². The van der Waals surface area contributed by atoms with Gasteiger partial charge in [-0.05, 0) is 42.0 Å². The Morgan fingerprint density at radius 3 is 2.44 bits per heavy atom. The molecule has 0 aliphatic rings. The fourth-order valence-corrected chi connectivity index (χ4v) is 2.12. The van der Waals surface area contributed by atoms with Crippen molar-refractivity contribution >= 4 is 29.4 Å². The Labute approximate surface area is 147 Å². The van der Waals surface area contributed by atoms with Crippen LogP contribution in [0.25, 0.3) is 6.08 Å². The van der Waals surface area contributed by atoms with Crippen LogP contribution in [0.5, 0.6) is 5.75 Å². The normalized spacial score (nSPS) is 11.4. The molecule has 132 valence electrons. The number of amides is 2. The molecule has 0 aromatic heterocycles. The molecule has 0 spiro atoms. The molecule has 25 heavy (non-hydrogen) atoms. The van der Waals surface area contributed by atoms with Crippen molar-refractivity contribution in [3.63, 3.8) is 0 Å². The van der Waals surface area contributed by atoms with Crippen LogP contribution in [0.15, 0.2) is 48.7 Å². The van der Waals surface area contributed by atoms with Crippen molar-refractivity contribution in [3.8, 4) is 5.75 Å². The molecular formula is C17H14ClF3N2O2. The monoisotopic (exact) mass is 370 g/mol.